The molecule has 5 rings (SSSR count). The molecule has 0 atom stereocenters. The summed E-state index contributed by atoms with van der Waals surface area (Å²) >= 11 is 0. The van der Waals surface area contributed by atoms with Gasteiger partial charge in [0.25, 0.3) is 17.6 Å². The molecule has 3 N–H and O–H groups in total. The highest BCUT2D eigenvalue weighted by Gasteiger charge is 2.31. The molecule has 2 aromatic carbocycles. The fourth-order valence-electron chi connectivity index (χ4n) is 4.26. The van der Waals surface area contributed by atoms with E-state index < -0.39 is 23.4 Å². The summed E-state index contributed by atoms with van der Waals surface area (Å²) in [4.78, 5) is 56.7. The fourth-order valence-corrected chi connectivity index (χ4v) is 4.26. The third kappa shape index (κ3) is 4.53. The van der Waals surface area contributed by atoms with Gasteiger partial charge in [0.15, 0.2) is 0 Å². The Morgan fingerprint density at radius 1 is 0.973 bits per heavy atom. The monoisotopic (exact) mass is 504 g/mol. The number of rotatable bonds is 6. The number of Topliss-reactive ketones (excluding diaryl/α,β-unsaturated/α-hetero) is 1. The Labute approximate surface area is 208 Å². The molecule has 0 aliphatic carbocycles. The van der Waals surface area contributed by atoms with Gasteiger partial charge in [0.1, 0.15) is 12.4 Å². The summed E-state index contributed by atoms with van der Waals surface area (Å²) < 4.78 is 14.9. The smallest absolute Gasteiger partial charge is 0.295 e. The number of aromatic amines is 1. The molecule has 0 bridgehead atoms. The molecule has 0 radical (unpaired) electrons. The Morgan fingerprint density at radius 2 is 1.68 bits per heavy atom. The number of hydrogen-bond donors (Lipinski definition) is 2. The summed E-state index contributed by atoms with van der Waals surface area (Å²) in [5.41, 5.74) is 6.09. The van der Waals surface area contributed by atoms with Crippen molar-refractivity contribution in [3.63, 3.8) is 0 Å². The van der Waals surface area contributed by atoms with Gasteiger partial charge in [-0.1, -0.05) is 18.2 Å². The minimum atomic E-state index is -0.879. The number of H-pyrrole nitrogens is 1. The topological polar surface area (TPSA) is 160 Å². The van der Waals surface area contributed by atoms with E-state index in [1.807, 2.05) is 6.07 Å². The molecular weight excluding hydrogens is 483 g/mol. The van der Waals surface area contributed by atoms with E-state index in [9.17, 15) is 23.6 Å². The Hall–Kier alpha value is -4.94. The molecule has 188 valence electrons. The number of carbonyl (C=O) groups is 4. The molecule has 1 aliphatic heterocycles. The number of aromatic nitrogens is 5. The number of tetrazole rings is 1. The number of nitrogens with two attached hydrogens (primary N) is 1. The molecule has 1 fully saturated rings. The van der Waals surface area contributed by atoms with Gasteiger partial charge in [0, 0.05) is 48.9 Å². The average Bonchev–Trinajstić information content (AvgIpc) is 3.56. The van der Waals surface area contributed by atoms with Crippen LogP contribution in [0.5, 0.6) is 0 Å². The molecule has 1 saturated heterocycles. The van der Waals surface area contributed by atoms with E-state index in [-0.39, 0.29) is 60.9 Å². The van der Waals surface area contributed by atoms with E-state index in [0.29, 0.717) is 11.1 Å². The molecule has 3 heterocycles. The second-order valence-electron chi connectivity index (χ2n) is 8.44. The first-order chi connectivity index (χ1) is 17.8. The molecule has 4 aromatic rings. The maximum Gasteiger partial charge on any atom is 0.295 e. The lowest BCUT2D eigenvalue weighted by Crippen LogP contribution is -2.52. The van der Waals surface area contributed by atoms with E-state index in [4.69, 9.17) is 5.73 Å². The molecule has 0 saturated carbocycles. The number of ketones is 1. The first kappa shape index (κ1) is 23.8. The molecule has 1 aliphatic rings. The summed E-state index contributed by atoms with van der Waals surface area (Å²) in [6, 6.07) is 11.3. The van der Waals surface area contributed by atoms with Crippen LogP contribution in [0.4, 0.5) is 4.39 Å². The van der Waals surface area contributed by atoms with Gasteiger partial charge in [-0.25, -0.2) is 4.39 Å². The zero-order chi connectivity index (χ0) is 26.1. The van der Waals surface area contributed by atoms with E-state index in [2.05, 4.69) is 20.4 Å². The van der Waals surface area contributed by atoms with Gasteiger partial charge in [0.05, 0.1) is 11.1 Å². The first-order valence-electron chi connectivity index (χ1n) is 11.4. The van der Waals surface area contributed by atoms with Crippen molar-refractivity contribution in [2.75, 3.05) is 26.2 Å². The Kier molecular flexibility index (Phi) is 6.17. The minimum absolute atomic E-state index is 0.0811. The zero-order valence-electron chi connectivity index (χ0n) is 19.4. The van der Waals surface area contributed by atoms with Crippen LogP contribution in [0.25, 0.3) is 22.3 Å². The molecule has 2 aromatic heterocycles. The largest absolute Gasteiger partial charge is 0.368 e. The summed E-state index contributed by atoms with van der Waals surface area (Å²) in [6.45, 7) is 0.598. The third-order valence-electron chi connectivity index (χ3n) is 6.09. The van der Waals surface area contributed by atoms with Crippen LogP contribution in [0.1, 0.15) is 20.7 Å². The van der Waals surface area contributed by atoms with E-state index in [0.717, 1.165) is 10.9 Å². The van der Waals surface area contributed by atoms with Gasteiger partial charge in [-0.3, -0.25) is 19.2 Å². The number of halogens is 1. The number of carbonyl (C=O) groups excluding carboxylic acids is 4. The summed E-state index contributed by atoms with van der Waals surface area (Å²) in [6.07, 6.45) is 1.26. The number of hydrogen-bond acceptors (Lipinski definition) is 7. The van der Waals surface area contributed by atoms with Gasteiger partial charge >= 0.3 is 0 Å². The Balaban J connectivity index is 1.34. The van der Waals surface area contributed by atoms with Crippen molar-refractivity contribution in [2.24, 2.45) is 5.73 Å². The highest BCUT2D eigenvalue weighted by molar-refractivity contribution is 6.45. The molecule has 3 amide bonds. The molecular formula is C24H21FN8O4. The van der Waals surface area contributed by atoms with Gasteiger partial charge in [-0.05, 0) is 29.5 Å². The van der Waals surface area contributed by atoms with Gasteiger partial charge in [-0.2, -0.15) is 4.80 Å². The number of amides is 3. The van der Waals surface area contributed by atoms with E-state index in [1.54, 1.807) is 29.2 Å². The molecule has 37 heavy (non-hydrogen) atoms. The number of benzene rings is 2. The van der Waals surface area contributed by atoms with Crippen molar-refractivity contribution in [3.8, 4) is 11.4 Å². The second-order valence-corrected chi connectivity index (χ2v) is 8.44. The van der Waals surface area contributed by atoms with E-state index >= 15 is 0 Å². The lowest BCUT2D eigenvalue weighted by Gasteiger charge is -2.34. The van der Waals surface area contributed by atoms with Gasteiger partial charge in [0.2, 0.25) is 11.7 Å². The zero-order valence-corrected chi connectivity index (χ0v) is 19.4. The predicted octanol–water partition coefficient (Wildman–Crippen LogP) is 0.613. The summed E-state index contributed by atoms with van der Waals surface area (Å²) in [5, 5.41) is 11.6. The van der Waals surface area contributed by atoms with Crippen LogP contribution in [0.2, 0.25) is 0 Å². The van der Waals surface area contributed by atoms with Gasteiger partial charge in [-0.15, -0.1) is 10.2 Å². The van der Waals surface area contributed by atoms with Crippen LogP contribution >= 0.6 is 0 Å². The van der Waals surface area contributed by atoms with Crippen molar-refractivity contribution >= 4 is 34.4 Å². The number of piperazine rings is 1. The van der Waals surface area contributed by atoms with Crippen molar-refractivity contribution in [2.45, 2.75) is 6.54 Å². The molecule has 0 unspecified atom stereocenters. The van der Waals surface area contributed by atoms with Crippen molar-refractivity contribution < 1.29 is 23.6 Å². The Bertz CT molecular complexity index is 1520. The fraction of sp³-hybridized carbons (Fsp3) is 0.208. The number of nitrogens with one attached hydrogen (secondary N) is 1. The van der Waals surface area contributed by atoms with Crippen molar-refractivity contribution in [1.82, 2.24) is 35.0 Å². The van der Waals surface area contributed by atoms with Crippen LogP contribution in [-0.4, -0.2) is 84.7 Å². The summed E-state index contributed by atoms with van der Waals surface area (Å²) in [5.74, 6) is -3.11. The predicted molar refractivity (Wildman–Crippen MR) is 128 cm³/mol. The van der Waals surface area contributed by atoms with Crippen LogP contribution in [0, 0.1) is 5.82 Å². The number of primary amides is 1. The second kappa shape index (κ2) is 9.60. The van der Waals surface area contributed by atoms with Crippen LogP contribution in [0.3, 0.4) is 0 Å². The standard InChI is InChI=1S/C24H21FN8O4/c25-17-7-6-15(22-28-30-33(29-22)13-18(26)34)20-19(17)16(12-27-20)21(35)24(37)32-10-8-31(9-11-32)23(36)14-4-2-1-3-5-14/h1-7,12,27H,8-11,13H2,(H2,26,34). The lowest BCUT2D eigenvalue weighted by atomic mass is 10.0. The highest BCUT2D eigenvalue weighted by Crippen LogP contribution is 2.30. The maximum atomic E-state index is 14.9. The SMILES string of the molecule is NC(=O)Cn1nnc(-c2ccc(F)c3c(C(=O)C(=O)N4CCN(C(=O)c5ccccc5)CC4)c[nH]c23)n1. The van der Waals surface area contributed by atoms with E-state index in [1.165, 1.54) is 17.2 Å². The third-order valence-corrected chi connectivity index (χ3v) is 6.09. The minimum Gasteiger partial charge on any atom is -0.368 e. The Morgan fingerprint density at radius 3 is 2.38 bits per heavy atom. The first-order valence-corrected chi connectivity index (χ1v) is 11.4. The lowest BCUT2D eigenvalue weighted by molar-refractivity contribution is -0.127. The molecule has 13 heteroatoms. The van der Waals surface area contributed by atoms with Crippen molar-refractivity contribution in [3.05, 3.63) is 65.6 Å². The molecule has 12 nitrogen and oxygen atoms in total. The number of nitrogens with zero attached hydrogens (tertiary/aromatic N) is 6. The van der Waals surface area contributed by atoms with Crippen LogP contribution in [-0.2, 0) is 16.1 Å². The number of fused-ring (bicyclic) bond motifs is 1. The summed E-state index contributed by atoms with van der Waals surface area (Å²) in [7, 11) is 0. The van der Waals surface area contributed by atoms with Crippen LogP contribution < -0.4 is 5.73 Å². The van der Waals surface area contributed by atoms with Crippen LogP contribution in [0.15, 0.2) is 48.7 Å². The highest BCUT2D eigenvalue weighted by atomic mass is 19.1. The normalized spacial score (nSPS) is 13.6. The molecule has 0 spiro atoms. The quantitative estimate of drug-likeness (QED) is 0.287. The van der Waals surface area contributed by atoms with Gasteiger partial charge < -0.3 is 20.5 Å². The maximum absolute atomic E-state index is 14.9. The average molecular weight is 504 g/mol. The van der Waals surface area contributed by atoms with Crippen molar-refractivity contribution in [1.29, 1.82) is 0 Å².